The van der Waals surface area contributed by atoms with E-state index in [1.807, 2.05) is 22.8 Å². The highest BCUT2D eigenvalue weighted by Crippen LogP contribution is 2.15. The Balaban J connectivity index is 2.60. The Labute approximate surface area is 65.0 Å². The van der Waals surface area contributed by atoms with Crippen LogP contribution < -0.4 is 0 Å². The molecule has 1 unspecified atom stereocenters. The van der Waals surface area contributed by atoms with Crippen molar-refractivity contribution in [2.75, 3.05) is 6.26 Å². The molecule has 0 amide bonds. The maximum Gasteiger partial charge on any atom is 0.144 e. The zero-order valence-electron chi connectivity index (χ0n) is 5.03. The molecule has 1 atom stereocenters. The van der Waals surface area contributed by atoms with Gasteiger partial charge in [-0.25, -0.2) is 0 Å². The zero-order chi connectivity index (χ0) is 6.69. The molecule has 1 heterocycles. The third-order valence-corrected chi connectivity index (χ3v) is 2.26. The van der Waals surface area contributed by atoms with E-state index in [-0.39, 0.29) is 5.37 Å². The van der Waals surface area contributed by atoms with E-state index in [1.165, 1.54) is 0 Å². The molecular formula is C6H7NS2. The minimum absolute atomic E-state index is 0.0602. The summed E-state index contributed by atoms with van der Waals surface area (Å²) in [6.07, 6.45) is 5.75. The molecule has 0 radical (unpaired) electrons. The van der Waals surface area contributed by atoms with E-state index in [4.69, 9.17) is 0 Å². The lowest BCUT2D eigenvalue weighted by molar-refractivity contribution is 0.671. The number of thiol groups is 1. The highest BCUT2D eigenvalue weighted by atomic mass is 32.2. The Morgan fingerprint density at radius 2 is 2.56 bits per heavy atom. The minimum atomic E-state index is 0.0602. The Hall–Kier alpha value is -0.200. The lowest BCUT2D eigenvalue weighted by atomic mass is 10.4. The smallest absolute Gasteiger partial charge is 0.144 e. The van der Waals surface area contributed by atoms with Crippen LogP contribution in [0.15, 0.2) is 12.3 Å². The lowest BCUT2D eigenvalue weighted by Gasteiger charge is -2.20. The van der Waals surface area contributed by atoms with Gasteiger partial charge in [0.15, 0.2) is 0 Å². The molecule has 0 aromatic heterocycles. The average molecular weight is 157 g/mol. The molecule has 1 rings (SSSR count). The van der Waals surface area contributed by atoms with Gasteiger partial charge in [-0.2, -0.15) is 0 Å². The van der Waals surface area contributed by atoms with Crippen LogP contribution in [0.1, 0.15) is 0 Å². The fraction of sp³-hybridized carbons (Fsp3) is 0.333. The van der Waals surface area contributed by atoms with Gasteiger partial charge in [0.05, 0.1) is 0 Å². The van der Waals surface area contributed by atoms with Gasteiger partial charge >= 0.3 is 0 Å². The van der Waals surface area contributed by atoms with Crippen LogP contribution >= 0.6 is 24.6 Å². The number of nitrogens with zero attached hydrogens (tertiary/aromatic N) is 1. The quantitative estimate of drug-likeness (QED) is 0.348. The summed E-state index contributed by atoms with van der Waals surface area (Å²) in [7, 11) is 0. The molecule has 0 bridgehead atoms. The topological polar surface area (TPSA) is 3.24 Å². The average Bonchev–Trinajstić information content (AvgIpc) is 1.89. The van der Waals surface area contributed by atoms with Crippen LogP contribution in [0.5, 0.6) is 0 Å². The second-order valence-electron chi connectivity index (χ2n) is 1.52. The number of allylic oxidation sites excluding steroid dienone is 1. The van der Waals surface area contributed by atoms with Crippen molar-refractivity contribution >= 4 is 24.6 Å². The standard InChI is InChI=1S/C6H7NS2/c1-9-7-5-3-2-4-6(7)8/h3,5-6,8H,1H3. The van der Waals surface area contributed by atoms with Crippen LogP contribution in [0.2, 0.25) is 0 Å². The van der Waals surface area contributed by atoms with Crippen LogP contribution in [0.25, 0.3) is 0 Å². The van der Waals surface area contributed by atoms with E-state index >= 15 is 0 Å². The van der Waals surface area contributed by atoms with Gasteiger partial charge in [0, 0.05) is 18.5 Å². The van der Waals surface area contributed by atoms with Gasteiger partial charge in [0.2, 0.25) is 0 Å². The summed E-state index contributed by atoms with van der Waals surface area (Å²) < 4.78 is 1.99. The molecule has 1 nitrogen and oxygen atoms in total. The third kappa shape index (κ3) is 1.60. The largest absolute Gasteiger partial charge is 0.299 e. The lowest BCUT2D eigenvalue weighted by Crippen LogP contribution is -2.18. The fourth-order valence-corrected chi connectivity index (χ4v) is 1.41. The predicted molar refractivity (Wildman–Crippen MR) is 45.0 cm³/mol. The molecule has 48 valence electrons. The van der Waals surface area contributed by atoms with Crippen LogP contribution in [0.4, 0.5) is 0 Å². The predicted octanol–water partition coefficient (Wildman–Crippen LogP) is 1.35. The first-order valence-electron chi connectivity index (χ1n) is 2.53. The highest BCUT2D eigenvalue weighted by Gasteiger charge is 2.06. The normalized spacial score (nSPS) is 23.3. The van der Waals surface area contributed by atoms with Crippen molar-refractivity contribution in [3.8, 4) is 11.8 Å². The summed E-state index contributed by atoms with van der Waals surface area (Å²) in [6.45, 7) is 0. The van der Waals surface area contributed by atoms with Gasteiger partial charge in [0.25, 0.3) is 0 Å². The van der Waals surface area contributed by atoms with Crippen LogP contribution in [0, 0.1) is 11.8 Å². The third-order valence-electron chi connectivity index (χ3n) is 0.969. The summed E-state index contributed by atoms with van der Waals surface area (Å²) >= 11 is 5.84. The van der Waals surface area contributed by atoms with Crippen LogP contribution in [-0.4, -0.2) is 15.9 Å². The number of rotatable bonds is 1. The van der Waals surface area contributed by atoms with Crippen molar-refractivity contribution in [2.45, 2.75) is 5.37 Å². The van der Waals surface area contributed by atoms with Crippen molar-refractivity contribution in [2.24, 2.45) is 0 Å². The summed E-state index contributed by atoms with van der Waals surface area (Å²) in [4.78, 5) is 0. The van der Waals surface area contributed by atoms with Crippen LogP contribution in [0.3, 0.4) is 0 Å². The Morgan fingerprint density at radius 1 is 1.78 bits per heavy atom. The second-order valence-corrected chi connectivity index (χ2v) is 2.80. The molecular weight excluding hydrogens is 150 g/mol. The molecule has 3 heteroatoms. The van der Waals surface area contributed by atoms with Gasteiger partial charge in [-0.3, -0.25) is 4.31 Å². The Kier molecular flexibility index (Phi) is 2.38. The number of hydrogen-bond acceptors (Lipinski definition) is 3. The molecule has 0 fully saturated rings. The summed E-state index contributed by atoms with van der Waals surface area (Å²) in [5.41, 5.74) is 0. The zero-order valence-corrected chi connectivity index (χ0v) is 6.75. The first-order valence-corrected chi connectivity index (χ1v) is 4.22. The molecule has 0 N–H and O–H groups in total. The second kappa shape index (κ2) is 3.09. The maximum absolute atomic E-state index is 4.22. The van der Waals surface area contributed by atoms with Gasteiger partial charge in [0.1, 0.15) is 5.37 Å². The molecule has 1 aliphatic heterocycles. The monoisotopic (exact) mass is 157 g/mol. The SMILES string of the molecule is CSN1C=CC#CC1S. The minimum Gasteiger partial charge on any atom is -0.299 e. The highest BCUT2D eigenvalue weighted by molar-refractivity contribution is 7.97. The summed E-state index contributed by atoms with van der Waals surface area (Å²) in [5.74, 6) is 5.75. The summed E-state index contributed by atoms with van der Waals surface area (Å²) in [5, 5.41) is 0.0602. The first-order chi connectivity index (χ1) is 4.34. The van der Waals surface area contributed by atoms with Crippen molar-refractivity contribution in [3.05, 3.63) is 12.3 Å². The van der Waals surface area contributed by atoms with Crippen molar-refractivity contribution < 1.29 is 0 Å². The van der Waals surface area contributed by atoms with Gasteiger partial charge in [-0.1, -0.05) is 23.8 Å². The maximum atomic E-state index is 4.22. The van der Waals surface area contributed by atoms with Gasteiger partial charge in [-0.05, 0) is 0 Å². The molecule has 0 aromatic carbocycles. The van der Waals surface area contributed by atoms with Gasteiger partial charge in [-0.15, -0.1) is 12.6 Å². The molecule has 0 aromatic rings. The van der Waals surface area contributed by atoms with E-state index in [1.54, 1.807) is 11.9 Å². The molecule has 0 saturated heterocycles. The molecule has 0 aliphatic carbocycles. The Morgan fingerprint density at radius 3 is 3.00 bits per heavy atom. The van der Waals surface area contributed by atoms with E-state index in [2.05, 4.69) is 24.5 Å². The van der Waals surface area contributed by atoms with E-state index < -0.39 is 0 Å². The molecule has 0 saturated carbocycles. The first kappa shape index (κ1) is 6.91. The molecule has 1 aliphatic rings. The van der Waals surface area contributed by atoms with Crippen molar-refractivity contribution in [1.82, 2.24) is 4.31 Å². The van der Waals surface area contributed by atoms with Crippen LogP contribution in [-0.2, 0) is 0 Å². The van der Waals surface area contributed by atoms with E-state index in [0.717, 1.165) is 0 Å². The number of hydrogen-bond donors (Lipinski definition) is 1. The molecule has 9 heavy (non-hydrogen) atoms. The Bertz CT molecular complexity index is 177. The van der Waals surface area contributed by atoms with Crippen molar-refractivity contribution in [1.29, 1.82) is 0 Å². The summed E-state index contributed by atoms with van der Waals surface area (Å²) in [6, 6.07) is 0. The fourth-order valence-electron chi connectivity index (χ4n) is 0.539. The van der Waals surface area contributed by atoms with E-state index in [9.17, 15) is 0 Å². The molecule has 0 spiro atoms. The van der Waals surface area contributed by atoms with E-state index in [0.29, 0.717) is 0 Å². The van der Waals surface area contributed by atoms with Gasteiger partial charge < -0.3 is 0 Å². The van der Waals surface area contributed by atoms with Crippen molar-refractivity contribution in [3.63, 3.8) is 0 Å².